The zero-order chi connectivity index (χ0) is 57.5. The van der Waals surface area contributed by atoms with E-state index in [0.29, 0.717) is 24.2 Å². The Labute approximate surface area is 473 Å². The maximum Gasteiger partial charge on any atom is 0.352 e. The second-order valence-corrected chi connectivity index (χ2v) is 22.4. The van der Waals surface area contributed by atoms with Crippen molar-refractivity contribution >= 4 is 115 Å². The summed E-state index contributed by atoms with van der Waals surface area (Å²) in [6, 6.07) is 5.27. The van der Waals surface area contributed by atoms with E-state index < -0.39 is 58.4 Å². The third-order valence-corrected chi connectivity index (χ3v) is 17.1. The molecule has 0 saturated carbocycles. The number of nitrogens with two attached hydrogens (primary N) is 2. The molecule has 31 heteroatoms. The molecule has 0 unspecified atom stereocenters. The Bertz CT molecular complexity index is 3010. The second-order valence-electron chi connectivity index (χ2n) is 18.4. The van der Waals surface area contributed by atoms with Crippen LogP contribution >= 0.6 is 46.2 Å². The number of fused-ring (bicyclic) bond motifs is 2. The van der Waals surface area contributed by atoms with Crippen LogP contribution in [-0.4, -0.2) is 185 Å². The van der Waals surface area contributed by atoms with Crippen LogP contribution < -0.4 is 31.2 Å². The third-order valence-electron chi connectivity index (χ3n) is 13.1. The topological polar surface area (TPSA) is 346 Å². The summed E-state index contributed by atoms with van der Waals surface area (Å²) in [7, 11) is 4.22. The third kappa shape index (κ3) is 12.7. The Morgan fingerprint density at radius 3 is 1.38 bits per heavy atom. The van der Waals surface area contributed by atoms with Gasteiger partial charge < -0.3 is 51.8 Å². The highest BCUT2D eigenvalue weighted by molar-refractivity contribution is 8.00. The number of nitrogens with zero attached hydrogens (tertiary/aromatic N) is 11. The molecule has 0 bridgehead atoms. The molecule has 2 saturated heterocycles. The molecule has 6 amide bonds. The van der Waals surface area contributed by atoms with Crippen LogP contribution in [0, 0.1) is 0 Å². The highest BCUT2D eigenvalue weighted by atomic mass is 32.2. The number of carbonyl (C=O) groups excluding carboxylic acids is 6. The van der Waals surface area contributed by atoms with E-state index in [4.69, 9.17) is 21.1 Å². The van der Waals surface area contributed by atoms with E-state index >= 15 is 0 Å². The Hall–Kier alpha value is -8.00. The quantitative estimate of drug-likeness (QED) is 0.0217. The molecule has 27 nitrogen and oxygen atoms in total. The first kappa shape index (κ1) is 58.2. The Kier molecular flexibility index (Phi) is 18.5. The lowest BCUT2D eigenvalue weighted by Crippen LogP contribution is -2.71. The molecule has 8 N–H and O–H groups in total. The van der Waals surface area contributed by atoms with Crippen molar-refractivity contribution in [3.63, 3.8) is 0 Å². The zero-order valence-electron chi connectivity index (χ0n) is 43.8. The standard InChI is InChI=1S/C49H55N15O12S4/c1-6-61(16-26-8-12-59(13-9-26)18-28-22-77-44-36(42(69)63(44)38(28)46(71)72)54-40(67)34(56-75-4)30-24-79-48(50)52-30)32(65)20-58(3)21-33(66)62(7-2)17-27-10-14-60(15-11-27)19-29-23-78-45-37(43(70)64(45)39(29)47(73)74)55-41(68)35(57-76-5)31-25-80-49(51)53-31/h8-15,24-25,36-37,44-45H,6-7,16-23H2,1-5H3,(H6-2,50,51,52,53,54,55,67,68,71,72,73,74)/p+2/t36-,37-,44-,45-/m1/s1. The summed E-state index contributed by atoms with van der Waals surface area (Å²) in [5, 5.41) is 35.4. The van der Waals surface area contributed by atoms with Gasteiger partial charge in [0.1, 0.15) is 59.8 Å². The van der Waals surface area contributed by atoms with E-state index in [9.17, 15) is 48.6 Å². The highest BCUT2D eigenvalue weighted by Crippen LogP contribution is 2.42. The van der Waals surface area contributed by atoms with Gasteiger partial charge >= 0.3 is 11.9 Å². The van der Waals surface area contributed by atoms with E-state index in [0.717, 1.165) is 33.8 Å². The fourth-order valence-corrected chi connectivity index (χ4v) is 12.9. The SMILES string of the molecule is CCN(Cc1cc[n+](CC2=C(C(=O)O)N3C(=O)[C@@H](NC(=O)C(=NOC)c4csc(N)n4)[C@H]3SC2)cc1)C(=O)CN(C)CC(=O)N(CC)Cc1cc[n+](CC2=C(C(=O)O)N3C(=O)[C@@H](NC(=O)C(=NOC)c4csc(N)n4)[C@H]3SC2)cc1. The number of amides is 6. The summed E-state index contributed by atoms with van der Waals surface area (Å²) < 4.78 is 3.56. The minimum absolute atomic E-state index is 0.0262. The number of rotatable bonds is 24. The van der Waals surface area contributed by atoms with Gasteiger partial charge in [0.15, 0.2) is 59.6 Å². The number of aromatic nitrogens is 4. The average Bonchev–Trinajstić information content (AvgIpc) is 4.22. The number of β-lactam (4-membered cyclic amide) rings is 2. The fraction of sp³-hybridized carbons (Fsp3) is 0.388. The van der Waals surface area contributed by atoms with Gasteiger partial charge in [-0.15, -0.1) is 46.2 Å². The number of aliphatic carboxylic acids is 2. The van der Waals surface area contributed by atoms with Crippen molar-refractivity contribution in [3.8, 4) is 0 Å². The monoisotopic (exact) mass is 1180 g/mol. The summed E-state index contributed by atoms with van der Waals surface area (Å²) in [6.07, 6.45) is 7.07. The fourth-order valence-electron chi connectivity index (χ4n) is 9.16. The summed E-state index contributed by atoms with van der Waals surface area (Å²) in [4.78, 5) is 131. The van der Waals surface area contributed by atoms with Crippen LogP contribution in [0.25, 0.3) is 0 Å². The molecule has 422 valence electrons. The maximum absolute atomic E-state index is 13.6. The van der Waals surface area contributed by atoms with Crippen LogP contribution in [0.4, 0.5) is 10.3 Å². The first-order valence-electron chi connectivity index (χ1n) is 24.6. The first-order valence-corrected chi connectivity index (χ1v) is 28.5. The number of hydrogen-bond donors (Lipinski definition) is 6. The summed E-state index contributed by atoms with van der Waals surface area (Å²) in [5.41, 5.74) is 13.7. The van der Waals surface area contributed by atoms with Crippen molar-refractivity contribution in [1.82, 2.24) is 45.1 Å². The average molecular weight is 1180 g/mol. The van der Waals surface area contributed by atoms with Crippen molar-refractivity contribution in [2.24, 2.45) is 10.3 Å². The van der Waals surface area contributed by atoms with Crippen molar-refractivity contribution < 1.29 is 67.4 Å². The van der Waals surface area contributed by atoms with Gasteiger partial charge in [0.2, 0.25) is 11.8 Å². The smallest absolute Gasteiger partial charge is 0.352 e. The van der Waals surface area contributed by atoms with Gasteiger partial charge in [-0.2, -0.15) is 0 Å². The van der Waals surface area contributed by atoms with Crippen molar-refractivity contribution in [3.05, 3.63) is 105 Å². The molecule has 4 aromatic heterocycles. The number of thiazole rings is 2. The van der Waals surface area contributed by atoms with Crippen LogP contribution in [0.5, 0.6) is 0 Å². The molecule has 2 fully saturated rings. The summed E-state index contributed by atoms with van der Waals surface area (Å²) in [6.45, 7) is 5.33. The molecule has 4 aromatic rings. The second kappa shape index (κ2) is 25.4. The molecule has 4 aliphatic heterocycles. The largest absolute Gasteiger partial charge is 0.477 e. The van der Waals surface area contributed by atoms with Crippen LogP contribution in [0.2, 0.25) is 0 Å². The zero-order valence-corrected chi connectivity index (χ0v) is 47.1. The Morgan fingerprint density at radius 1 is 0.688 bits per heavy atom. The lowest BCUT2D eigenvalue weighted by atomic mass is 10.0. The molecule has 80 heavy (non-hydrogen) atoms. The minimum atomic E-state index is -1.28. The van der Waals surface area contributed by atoms with Gasteiger partial charge in [-0.25, -0.2) is 28.7 Å². The molecule has 4 aliphatic rings. The molecule has 8 rings (SSSR count). The van der Waals surface area contributed by atoms with Crippen LogP contribution in [0.1, 0.15) is 36.4 Å². The predicted molar refractivity (Wildman–Crippen MR) is 292 cm³/mol. The Morgan fingerprint density at radius 2 is 1.06 bits per heavy atom. The molecular weight excluding hydrogens is 1120 g/mol. The van der Waals surface area contributed by atoms with Crippen LogP contribution in [0.3, 0.4) is 0 Å². The van der Waals surface area contributed by atoms with Crippen molar-refractivity contribution in [2.45, 2.75) is 62.9 Å². The van der Waals surface area contributed by atoms with E-state index in [1.54, 1.807) is 55.7 Å². The minimum Gasteiger partial charge on any atom is -0.477 e. The van der Waals surface area contributed by atoms with Gasteiger partial charge in [0, 0.05) is 83.9 Å². The maximum atomic E-state index is 13.6. The molecule has 0 spiro atoms. The number of carbonyl (C=O) groups is 8. The molecule has 0 aromatic carbocycles. The molecule has 0 radical (unpaired) electrons. The van der Waals surface area contributed by atoms with Gasteiger partial charge in [-0.3, -0.25) is 43.5 Å². The highest BCUT2D eigenvalue weighted by Gasteiger charge is 2.56. The Balaban J connectivity index is 0.804. The van der Waals surface area contributed by atoms with Gasteiger partial charge in [-0.05, 0) is 32.0 Å². The number of likely N-dealkylation sites (N-methyl/N-ethyl adjacent to an activating group) is 3. The predicted octanol–water partition coefficient (Wildman–Crippen LogP) is -0.753. The lowest BCUT2D eigenvalue weighted by molar-refractivity contribution is -0.689. The number of pyridine rings is 2. The number of nitrogen functional groups attached to an aromatic ring is 2. The molecular formula is C49H57N15O12S4+2. The van der Waals surface area contributed by atoms with Gasteiger partial charge in [-0.1, -0.05) is 10.3 Å². The van der Waals surface area contributed by atoms with E-state index in [1.165, 1.54) is 58.3 Å². The molecule has 0 aliphatic carbocycles. The number of carboxylic acid groups (broad SMARTS) is 2. The van der Waals surface area contributed by atoms with Crippen LogP contribution in [0.15, 0.2) is 92.7 Å². The van der Waals surface area contributed by atoms with Gasteiger partial charge in [0.05, 0.1) is 13.1 Å². The number of oxime groups is 2. The lowest BCUT2D eigenvalue weighted by Gasteiger charge is -2.49. The van der Waals surface area contributed by atoms with Crippen molar-refractivity contribution in [1.29, 1.82) is 0 Å². The number of anilines is 2. The summed E-state index contributed by atoms with van der Waals surface area (Å²) in [5.74, 6) is -5.03. The van der Waals surface area contributed by atoms with Crippen molar-refractivity contribution in [2.75, 3.05) is 70.4 Å². The normalized spacial score (nSPS) is 18.9. The number of thioether (sulfide) groups is 2. The number of carboxylic acids is 2. The number of nitrogens with one attached hydrogen (secondary N) is 2. The van der Waals surface area contributed by atoms with E-state index in [2.05, 4.69) is 30.9 Å². The number of hydrogen-bond acceptors (Lipinski definition) is 21. The van der Waals surface area contributed by atoms with Gasteiger partial charge in [0.25, 0.3) is 23.6 Å². The molecule has 8 heterocycles. The first-order chi connectivity index (χ1) is 38.3. The van der Waals surface area contributed by atoms with E-state index in [1.807, 2.05) is 38.1 Å². The summed E-state index contributed by atoms with van der Waals surface area (Å²) >= 11 is 4.84. The van der Waals surface area contributed by atoms with E-state index in [-0.39, 0.29) is 107 Å². The van der Waals surface area contributed by atoms with Crippen LogP contribution in [-0.2, 0) is 74.2 Å². The molecule has 4 atom stereocenters.